The van der Waals surface area contributed by atoms with E-state index in [2.05, 4.69) is 58.9 Å². The van der Waals surface area contributed by atoms with Crippen molar-refractivity contribution in [2.24, 2.45) is 0 Å². The molecule has 5 nitrogen and oxygen atoms in total. The van der Waals surface area contributed by atoms with E-state index < -0.39 is 0 Å². The summed E-state index contributed by atoms with van der Waals surface area (Å²) in [5.74, 6) is 2.34. The zero-order valence-corrected chi connectivity index (χ0v) is 15.9. The Kier molecular flexibility index (Phi) is 4.28. The number of aromatic nitrogens is 3. The van der Waals surface area contributed by atoms with Crippen LogP contribution in [0.1, 0.15) is 11.3 Å². The average Bonchev–Trinajstić information content (AvgIpc) is 3.21. The van der Waals surface area contributed by atoms with Crippen molar-refractivity contribution in [3.8, 4) is 28.6 Å². The Hall–Kier alpha value is -3.34. The van der Waals surface area contributed by atoms with E-state index >= 15 is 0 Å². The maximum absolute atomic E-state index is 5.56. The van der Waals surface area contributed by atoms with Crippen molar-refractivity contribution in [3.63, 3.8) is 0 Å². The van der Waals surface area contributed by atoms with Crippen LogP contribution in [0.15, 0.2) is 54.7 Å². The second kappa shape index (κ2) is 6.76. The Morgan fingerprint density at radius 1 is 0.889 bits per heavy atom. The molecule has 0 bridgehead atoms. The molecule has 0 aliphatic carbocycles. The zero-order chi connectivity index (χ0) is 19.0. The van der Waals surface area contributed by atoms with Crippen molar-refractivity contribution in [3.05, 3.63) is 66.0 Å². The van der Waals surface area contributed by atoms with Gasteiger partial charge in [-0.15, -0.1) is 5.10 Å². The summed E-state index contributed by atoms with van der Waals surface area (Å²) < 4.78 is 13.2. The molecule has 0 aliphatic rings. The molecule has 136 valence electrons. The molecular weight excluding hydrogens is 338 g/mol. The van der Waals surface area contributed by atoms with Crippen LogP contribution in [0.25, 0.3) is 27.8 Å². The highest BCUT2D eigenvalue weighted by Gasteiger charge is 2.22. The van der Waals surface area contributed by atoms with Gasteiger partial charge in [0.15, 0.2) is 11.5 Å². The van der Waals surface area contributed by atoms with Crippen molar-refractivity contribution in [1.82, 2.24) is 10.2 Å². The molecule has 27 heavy (non-hydrogen) atoms. The fourth-order valence-corrected chi connectivity index (χ4v) is 3.49. The number of nitrogens with one attached hydrogen (secondary N) is 1. The van der Waals surface area contributed by atoms with Gasteiger partial charge in [0.1, 0.15) is 11.4 Å². The first-order valence-electron chi connectivity index (χ1n) is 8.80. The Balaban J connectivity index is 2.14. The first-order chi connectivity index (χ1) is 13.1. The molecule has 5 heteroatoms. The minimum Gasteiger partial charge on any atom is -0.493 e. The lowest BCUT2D eigenvalue weighted by Crippen LogP contribution is -2.37. The lowest BCUT2D eigenvalue weighted by atomic mass is 10.0. The topological polar surface area (TPSA) is 51.0 Å². The number of ether oxygens (including phenoxy) is 2. The van der Waals surface area contributed by atoms with E-state index in [0.29, 0.717) is 5.75 Å². The number of rotatable bonds is 4. The van der Waals surface area contributed by atoms with E-state index in [-0.39, 0.29) is 0 Å². The standard InChI is InChI=1S/C22H22N3O2/c1-14-5-7-16(8-6-14)22-18-13-20(27-4)19(26-3)12-17(18)11-15(2)25(22)21-9-10-23-24-21/h5-13H,1-4H3,(H,23,24)/q+1. The van der Waals surface area contributed by atoms with Crippen molar-refractivity contribution >= 4 is 10.8 Å². The van der Waals surface area contributed by atoms with Crippen molar-refractivity contribution in [2.45, 2.75) is 13.8 Å². The fourth-order valence-electron chi connectivity index (χ4n) is 3.49. The summed E-state index contributed by atoms with van der Waals surface area (Å²) in [6.45, 7) is 4.18. The second-order valence-corrected chi connectivity index (χ2v) is 6.57. The normalized spacial score (nSPS) is 11.0. The Bertz CT molecular complexity index is 1100. The van der Waals surface area contributed by atoms with E-state index in [4.69, 9.17) is 9.47 Å². The van der Waals surface area contributed by atoms with Crippen molar-refractivity contribution < 1.29 is 14.0 Å². The number of pyridine rings is 1. The number of aryl methyl sites for hydroxylation is 2. The number of hydrogen-bond acceptors (Lipinski definition) is 3. The first-order valence-corrected chi connectivity index (χ1v) is 8.80. The second-order valence-electron chi connectivity index (χ2n) is 6.57. The largest absolute Gasteiger partial charge is 0.493 e. The van der Waals surface area contributed by atoms with Gasteiger partial charge in [-0.3, -0.25) is 0 Å². The molecule has 2 aromatic carbocycles. The van der Waals surface area contributed by atoms with Crippen LogP contribution in [0, 0.1) is 13.8 Å². The monoisotopic (exact) mass is 360 g/mol. The van der Waals surface area contributed by atoms with Gasteiger partial charge in [-0.05, 0) is 37.4 Å². The highest BCUT2D eigenvalue weighted by Crippen LogP contribution is 2.36. The molecular formula is C22H22N3O2+. The number of H-pyrrole nitrogens is 1. The highest BCUT2D eigenvalue weighted by molar-refractivity contribution is 5.95. The molecule has 4 aromatic rings. The molecule has 4 rings (SSSR count). The van der Waals surface area contributed by atoms with E-state index in [9.17, 15) is 0 Å². The summed E-state index contributed by atoms with van der Waals surface area (Å²) in [6.07, 6.45) is 1.76. The molecule has 0 fully saturated rings. The van der Waals surface area contributed by atoms with Crippen LogP contribution in [0.5, 0.6) is 11.5 Å². The van der Waals surface area contributed by atoms with E-state index in [1.165, 1.54) is 5.56 Å². The predicted molar refractivity (Wildman–Crippen MR) is 106 cm³/mol. The third kappa shape index (κ3) is 2.91. The molecule has 1 N–H and O–H groups in total. The molecule has 0 unspecified atom stereocenters. The summed E-state index contributed by atoms with van der Waals surface area (Å²) in [6, 6.07) is 16.7. The molecule has 0 aliphatic heterocycles. The molecule has 0 spiro atoms. The van der Waals surface area contributed by atoms with Gasteiger partial charge in [0.25, 0.3) is 0 Å². The van der Waals surface area contributed by atoms with E-state index in [1.54, 1.807) is 20.4 Å². The maximum Gasteiger partial charge on any atom is 0.306 e. The summed E-state index contributed by atoms with van der Waals surface area (Å²) in [5, 5.41) is 9.40. The molecule has 0 radical (unpaired) electrons. The van der Waals surface area contributed by atoms with Gasteiger partial charge in [-0.25, -0.2) is 0 Å². The van der Waals surface area contributed by atoms with Crippen LogP contribution in [0.2, 0.25) is 0 Å². The number of nitrogens with zero attached hydrogens (tertiary/aromatic N) is 2. The fraction of sp³-hybridized carbons (Fsp3) is 0.182. The molecule has 0 atom stereocenters. The molecule has 2 aromatic heterocycles. The minimum atomic E-state index is 0.707. The average molecular weight is 360 g/mol. The third-order valence-corrected chi connectivity index (χ3v) is 4.80. The number of methoxy groups -OCH3 is 2. The molecule has 0 saturated heterocycles. The molecule has 0 saturated carbocycles. The van der Waals surface area contributed by atoms with Gasteiger partial charge in [0.2, 0.25) is 0 Å². The number of hydrogen-bond donors (Lipinski definition) is 1. The molecule has 2 heterocycles. The first kappa shape index (κ1) is 17.1. The molecule has 0 amide bonds. The summed E-state index contributed by atoms with van der Waals surface area (Å²) in [7, 11) is 3.32. The summed E-state index contributed by atoms with van der Waals surface area (Å²) in [5.41, 5.74) is 4.52. The zero-order valence-electron chi connectivity index (χ0n) is 15.9. The number of benzene rings is 2. The number of aromatic amines is 1. The van der Waals surface area contributed by atoms with Gasteiger partial charge in [0, 0.05) is 10.9 Å². The van der Waals surface area contributed by atoms with Crippen LogP contribution in [0.3, 0.4) is 0 Å². The van der Waals surface area contributed by atoms with Crippen LogP contribution < -0.4 is 14.0 Å². The van der Waals surface area contributed by atoms with Gasteiger partial charge in [0.05, 0.1) is 26.5 Å². The highest BCUT2D eigenvalue weighted by atomic mass is 16.5. The Morgan fingerprint density at radius 3 is 2.22 bits per heavy atom. The summed E-state index contributed by atoms with van der Waals surface area (Å²) in [4.78, 5) is 0. The van der Waals surface area contributed by atoms with Gasteiger partial charge < -0.3 is 9.47 Å². The van der Waals surface area contributed by atoms with Crippen molar-refractivity contribution in [2.75, 3.05) is 14.2 Å². The van der Waals surface area contributed by atoms with E-state index in [0.717, 1.165) is 39.3 Å². The minimum absolute atomic E-state index is 0.707. The number of fused-ring (bicyclic) bond motifs is 1. The van der Waals surface area contributed by atoms with Gasteiger partial charge in [-0.2, -0.15) is 4.57 Å². The third-order valence-electron chi connectivity index (χ3n) is 4.80. The van der Waals surface area contributed by atoms with Crippen LogP contribution in [-0.4, -0.2) is 24.4 Å². The Morgan fingerprint density at radius 2 is 1.59 bits per heavy atom. The Labute approximate surface area is 158 Å². The lowest BCUT2D eigenvalue weighted by molar-refractivity contribution is -0.593. The maximum atomic E-state index is 5.56. The lowest BCUT2D eigenvalue weighted by Gasteiger charge is -2.15. The van der Waals surface area contributed by atoms with Gasteiger partial charge in [-0.1, -0.05) is 34.9 Å². The quantitative estimate of drug-likeness (QED) is 0.557. The summed E-state index contributed by atoms with van der Waals surface area (Å²) >= 11 is 0. The van der Waals surface area contributed by atoms with E-state index in [1.807, 2.05) is 18.2 Å². The SMILES string of the molecule is COc1cc2cc(C)[n+](-c3ccn[nH]3)c(-c3ccc(C)cc3)c2cc1OC. The van der Waals surface area contributed by atoms with Gasteiger partial charge >= 0.3 is 5.82 Å². The van der Waals surface area contributed by atoms with Crippen LogP contribution >= 0.6 is 0 Å². The van der Waals surface area contributed by atoms with Crippen LogP contribution in [-0.2, 0) is 0 Å². The smallest absolute Gasteiger partial charge is 0.306 e. The van der Waals surface area contributed by atoms with Crippen molar-refractivity contribution in [1.29, 1.82) is 0 Å². The predicted octanol–water partition coefficient (Wildman–Crippen LogP) is 4.14. The van der Waals surface area contributed by atoms with Crippen LogP contribution in [0.4, 0.5) is 0 Å².